The van der Waals surface area contributed by atoms with Gasteiger partial charge in [-0.25, -0.2) is 0 Å². The van der Waals surface area contributed by atoms with Gasteiger partial charge >= 0.3 is 0 Å². The lowest BCUT2D eigenvalue weighted by atomic mass is 9.81. The SMILES string of the molecule is CC(C)c1ccc(C(C)C)c(N2Cc3cc(O)c4c5c(O)cc6c7c(cc(Oc8ccccc8)c(c8c(O)cc(c3c48)C2)c75)CN(c2cc(C(C)C)ccc2C(C)C)C6)c1. The van der Waals surface area contributed by atoms with E-state index in [1.54, 1.807) is 0 Å². The van der Waals surface area contributed by atoms with Crippen LogP contribution in [-0.4, -0.2) is 15.3 Å². The van der Waals surface area contributed by atoms with Crippen LogP contribution in [0.15, 0.2) is 91.0 Å². The van der Waals surface area contributed by atoms with Crippen LogP contribution in [0.1, 0.15) is 124 Å². The van der Waals surface area contributed by atoms with Gasteiger partial charge in [-0.15, -0.1) is 0 Å². The number of hydrogen-bond donors (Lipinski definition) is 3. The van der Waals surface area contributed by atoms with Crippen LogP contribution in [-0.2, 0) is 26.2 Å². The van der Waals surface area contributed by atoms with Crippen LogP contribution < -0.4 is 14.5 Å². The first-order valence-electron chi connectivity index (χ1n) is 21.7. The molecule has 0 bridgehead atoms. The average Bonchev–Trinajstić information content (AvgIpc) is 3.21. The Bertz CT molecular complexity index is 3010. The van der Waals surface area contributed by atoms with Crippen LogP contribution in [0.3, 0.4) is 0 Å². The minimum absolute atomic E-state index is 0.0915. The van der Waals surface area contributed by atoms with E-state index < -0.39 is 0 Å². The molecule has 0 saturated heterocycles. The summed E-state index contributed by atoms with van der Waals surface area (Å²) in [7, 11) is 0. The summed E-state index contributed by atoms with van der Waals surface area (Å²) in [5, 5.41) is 43.3. The zero-order chi connectivity index (χ0) is 41.9. The summed E-state index contributed by atoms with van der Waals surface area (Å²) in [5.74, 6) is 3.01. The third-order valence-electron chi connectivity index (χ3n) is 13.3. The fourth-order valence-electron chi connectivity index (χ4n) is 10.4. The molecule has 0 fully saturated rings. The summed E-state index contributed by atoms with van der Waals surface area (Å²) >= 11 is 0. The number of para-hydroxylation sites is 1. The zero-order valence-corrected chi connectivity index (χ0v) is 35.9. The summed E-state index contributed by atoms with van der Waals surface area (Å²) in [6.45, 7) is 20.3. The first kappa shape index (κ1) is 38.1. The van der Waals surface area contributed by atoms with Gasteiger partial charge in [-0.05, 0) is 127 Å². The third kappa shape index (κ3) is 5.82. The predicted octanol–water partition coefficient (Wildman–Crippen LogP) is 14.2. The van der Waals surface area contributed by atoms with E-state index in [1.807, 2.05) is 48.5 Å². The molecule has 0 aromatic heterocycles. The molecule has 60 heavy (non-hydrogen) atoms. The Morgan fingerprint density at radius 2 is 0.817 bits per heavy atom. The van der Waals surface area contributed by atoms with Gasteiger partial charge in [-0.3, -0.25) is 0 Å². The highest BCUT2D eigenvalue weighted by Gasteiger charge is 2.33. The van der Waals surface area contributed by atoms with Gasteiger partial charge in [0, 0.05) is 69.9 Å². The number of rotatable bonds is 8. The number of aromatic hydroxyl groups is 3. The Kier molecular flexibility index (Phi) is 8.87. The number of fused-ring (bicyclic) bond motifs is 2. The second-order valence-electron chi connectivity index (χ2n) is 18.6. The largest absolute Gasteiger partial charge is 0.507 e. The molecular weight excluding hydrogens is 741 g/mol. The van der Waals surface area contributed by atoms with Crippen molar-refractivity contribution >= 4 is 54.5 Å². The van der Waals surface area contributed by atoms with Crippen LogP contribution in [0.5, 0.6) is 28.7 Å². The highest BCUT2D eigenvalue weighted by Crippen LogP contribution is 2.56. The first-order valence-corrected chi connectivity index (χ1v) is 21.7. The van der Waals surface area contributed by atoms with Crippen LogP contribution in [0, 0.1) is 0 Å². The molecule has 8 aromatic rings. The Morgan fingerprint density at radius 3 is 1.23 bits per heavy atom. The number of benzene rings is 8. The van der Waals surface area contributed by atoms with Crippen LogP contribution in [0.2, 0.25) is 0 Å². The summed E-state index contributed by atoms with van der Waals surface area (Å²) in [4.78, 5) is 4.81. The van der Waals surface area contributed by atoms with E-state index in [1.165, 1.54) is 33.6 Å². The molecule has 0 atom stereocenters. The van der Waals surface area contributed by atoms with E-state index in [2.05, 4.69) is 108 Å². The topological polar surface area (TPSA) is 76.4 Å². The molecule has 8 aromatic carbocycles. The van der Waals surface area contributed by atoms with E-state index in [-0.39, 0.29) is 17.2 Å². The summed E-state index contributed by atoms with van der Waals surface area (Å²) in [5.41, 5.74) is 11.5. The Labute approximate surface area is 352 Å². The van der Waals surface area contributed by atoms with E-state index in [4.69, 9.17) is 4.74 Å². The quantitative estimate of drug-likeness (QED) is 0.105. The minimum Gasteiger partial charge on any atom is -0.507 e. The summed E-state index contributed by atoms with van der Waals surface area (Å²) in [6, 6.07) is 31.4. The first-order chi connectivity index (χ1) is 28.8. The molecule has 2 aliphatic heterocycles. The standard InChI is InChI=1S/C54H54N2O4/c1-28(2)32-14-16-39(30(5)6)41(18-32)55-24-34-20-43(57)49-50-44(58)21-36-26-56(42-19-33(29(3)4)15-17-40(42)31(7)8)27-37-23-46(60-38-12-10-9-11-13-38)52(54(50)48(36)37)51-45(59)22-35(25-55)47(34)53(49)51/h9-23,28-31,57-59H,24-27H2,1-8H3. The lowest BCUT2D eigenvalue weighted by Crippen LogP contribution is -2.28. The van der Waals surface area contributed by atoms with Gasteiger partial charge in [0.25, 0.3) is 0 Å². The molecule has 2 aliphatic rings. The van der Waals surface area contributed by atoms with Crippen molar-refractivity contribution in [2.24, 2.45) is 0 Å². The average molecular weight is 795 g/mol. The van der Waals surface area contributed by atoms with Gasteiger partial charge in [0.15, 0.2) is 0 Å². The molecule has 0 amide bonds. The van der Waals surface area contributed by atoms with Crippen molar-refractivity contribution in [2.45, 2.75) is 105 Å². The Hall–Kier alpha value is -6.14. The molecule has 6 heteroatoms. The Morgan fingerprint density at radius 1 is 0.417 bits per heavy atom. The van der Waals surface area contributed by atoms with E-state index in [0.29, 0.717) is 77.5 Å². The van der Waals surface area contributed by atoms with Gasteiger partial charge < -0.3 is 29.9 Å². The monoisotopic (exact) mass is 794 g/mol. The maximum absolute atomic E-state index is 12.5. The molecule has 0 unspecified atom stereocenters. The van der Waals surface area contributed by atoms with Crippen molar-refractivity contribution in [2.75, 3.05) is 9.80 Å². The zero-order valence-electron chi connectivity index (χ0n) is 35.9. The minimum atomic E-state index is 0.0915. The Balaban J connectivity index is 1.24. The van der Waals surface area contributed by atoms with E-state index in [0.717, 1.165) is 49.2 Å². The second kappa shape index (κ2) is 14.0. The molecular formula is C54H54N2O4. The molecule has 0 spiro atoms. The lowest BCUT2D eigenvalue weighted by Gasteiger charge is -2.36. The van der Waals surface area contributed by atoms with Gasteiger partial charge in [-0.1, -0.05) is 97.9 Å². The van der Waals surface area contributed by atoms with Crippen molar-refractivity contribution in [3.63, 3.8) is 0 Å². The van der Waals surface area contributed by atoms with Gasteiger partial charge in [0.05, 0.1) is 0 Å². The maximum atomic E-state index is 12.5. The summed E-state index contributed by atoms with van der Waals surface area (Å²) < 4.78 is 6.89. The highest BCUT2D eigenvalue weighted by atomic mass is 16.5. The third-order valence-corrected chi connectivity index (χ3v) is 13.3. The number of hydrogen-bond acceptors (Lipinski definition) is 6. The van der Waals surface area contributed by atoms with Crippen LogP contribution in [0.4, 0.5) is 11.4 Å². The maximum Gasteiger partial charge on any atom is 0.136 e. The van der Waals surface area contributed by atoms with E-state index in [9.17, 15) is 15.3 Å². The molecule has 0 radical (unpaired) electrons. The second-order valence-corrected chi connectivity index (χ2v) is 18.6. The van der Waals surface area contributed by atoms with Crippen molar-refractivity contribution in [3.05, 3.63) is 136 Å². The fraction of sp³-hybridized carbons (Fsp3) is 0.296. The number of nitrogens with zero attached hydrogens (tertiary/aromatic N) is 2. The van der Waals surface area contributed by atoms with Crippen molar-refractivity contribution in [1.29, 1.82) is 0 Å². The lowest BCUT2D eigenvalue weighted by molar-refractivity contribution is 0.475. The van der Waals surface area contributed by atoms with Gasteiger partial charge in [0.1, 0.15) is 28.7 Å². The fourth-order valence-corrected chi connectivity index (χ4v) is 10.4. The summed E-state index contributed by atoms with van der Waals surface area (Å²) in [6.07, 6.45) is 0. The molecule has 304 valence electrons. The highest BCUT2D eigenvalue weighted by molar-refractivity contribution is 6.39. The van der Waals surface area contributed by atoms with Crippen molar-refractivity contribution < 1.29 is 20.1 Å². The number of ether oxygens (including phenoxy) is 1. The molecule has 0 saturated carbocycles. The number of phenols is 3. The molecule has 2 heterocycles. The normalized spacial score (nSPS) is 14.1. The predicted molar refractivity (Wildman–Crippen MR) is 248 cm³/mol. The number of phenolic OH excluding ortho intramolecular Hbond substituents is 3. The molecule has 10 rings (SSSR count). The van der Waals surface area contributed by atoms with Crippen molar-refractivity contribution in [3.8, 4) is 28.7 Å². The van der Waals surface area contributed by atoms with Crippen LogP contribution >= 0.6 is 0 Å². The molecule has 3 N–H and O–H groups in total. The molecule has 6 nitrogen and oxygen atoms in total. The molecule has 0 aliphatic carbocycles. The van der Waals surface area contributed by atoms with Gasteiger partial charge in [-0.2, -0.15) is 0 Å². The van der Waals surface area contributed by atoms with Crippen LogP contribution in [0.25, 0.3) is 43.1 Å². The van der Waals surface area contributed by atoms with Crippen molar-refractivity contribution in [1.82, 2.24) is 0 Å². The van der Waals surface area contributed by atoms with Gasteiger partial charge in [0.2, 0.25) is 0 Å². The smallest absolute Gasteiger partial charge is 0.136 e. The van der Waals surface area contributed by atoms with E-state index >= 15 is 0 Å². The number of anilines is 2.